The third-order valence-corrected chi connectivity index (χ3v) is 2.56. The van der Waals surface area contributed by atoms with Gasteiger partial charge in [0.2, 0.25) is 0 Å². The summed E-state index contributed by atoms with van der Waals surface area (Å²) in [6.07, 6.45) is 2.25. The number of hydrogen-bond acceptors (Lipinski definition) is 3. The predicted molar refractivity (Wildman–Crippen MR) is 67.3 cm³/mol. The van der Waals surface area contributed by atoms with Crippen LogP contribution >= 0.6 is 0 Å². The second-order valence-corrected chi connectivity index (χ2v) is 3.72. The number of phenolic OH excluding ortho intramolecular Hbond substituents is 1. The molecule has 0 atom stereocenters. The number of aliphatic carboxylic acids is 1. The third kappa shape index (κ3) is 2.22. The molecule has 0 aliphatic carbocycles. The molecule has 4 nitrogen and oxygen atoms in total. The quantitative estimate of drug-likeness (QED) is 0.639. The van der Waals surface area contributed by atoms with Gasteiger partial charge in [-0.05, 0) is 29.0 Å². The molecule has 90 valence electrons. The first-order chi connectivity index (χ1) is 8.59. The van der Waals surface area contributed by atoms with Crippen molar-refractivity contribution in [3.05, 3.63) is 48.0 Å². The summed E-state index contributed by atoms with van der Waals surface area (Å²) in [6.45, 7) is 0. The highest BCUT2D eigenvalue weighted by Crippen LogP contribution is 2.28. The number of carbonyl (C=O) groups excluding carboxylic acids is 1. The molecule has 0 spiro atoms. The first kappa shape index (κ1) is 11.9. The maximum Gasteiger partial charge on any atom is 0.376 e. The number of aromatic hydroxyl groups is 1. The van der Waals surface area contributed by atoms with Crippen molar-refractivity contribution in [1.82, 2.24) is 0 Å². The minimum Gasteiger partial charge on any atom is -0.507 e. The van der Waals surface area contributed by atoms with Gasteiger partial charge in [-0.3, -0.25) is 4.79 Å². The smallest absolute Gasteiger partial charge is 0.376 e. The van der Waals surface area contributed by atoms with Crippen LogP contribution in [-0.2, 0) is 9.59 Å². The maximum absolute atomic E-state index is 11.0. The standard InChI is InChI=1S/C14H10O4/c15-12-7-5-9-3-1-2-4-10(9)11(12)6-8-13(16)14(17)18/h1-8,15H,(H,17,18)/b8-6+. The highest BCUT2D eigenvalue weighted by Gasteiger charge is 2.08. The number of rotatable bonds is 3. The summed E-state index contributed by atoms with van der Waals surface area (Å²) in [6, 6.07) is 10.6. The van der Waals surface area contributed by atoms with Crippen LogP contribution in [0.4, 0.5) is 0 Å². The number of phenols is 1. The van der Waals surface area contributed by atoms with E-state index in [2.05, 4.69) is 0 Å². The topological polar surface area (TPSA) is 74.6 Å². The number of fused-ring (bicyclic) bond motifs is 1. The van der Waals surface area contributed by atoms with Crippen LogP contribution in [0.15, 0.2) is 42.5 Å². The van der Waals surface area contributed by atoms with Gasteiger partial charge in [0, 0.05) is 5.56 Å². The summed E-state index contributed by atoms with van der Waals surface area (Å²) in [5.74, 6) is -2.54. The van der Waals surface area contributed by atoms with E-state index >= 15 is 0 Å². The zero-order valence-corrected chi connectivity index (χ0v) is 9.33. The largest absolute Gasteiger partial charge is 0.507 e. The van der Waals surface area contributed by atoms with E-state index in [1.54, 1.807) is 18.2 Å². The molecule has 4 heteroatoms. The lowest BCUT2D eigenvalue weighted by Gasteiger charge is -2.04. The fourth-order valence-electron chi connectivity index (χ4n) is 1.69. The predicted octanol–water partition coefficient (Wildman–Crippen LogP) is 2.21. The lowest BCUT2D eigenvalue weighted by atomic mass is 10.0. The van der Waals surface area contributed by atoms with E-state index in [0.717, 1.165) is 16.8 Å². The molecule has 2 aromatic carbocycles. The van der Waals surface area contributed by atoms with Crippen LogP contribution in [0.25, 0.3) is 16.8 Å². The van der Waals surface area contributed by atoms with Crippen molar-refractivity contribution in [1.29, 1.82) is 0 Å². The van der Waals surface area contributed by atoms with E-state index in [1.165, 1.54) is 12.1 Å². The van der Waals surface area contributed by atoms with Gasteiger partial charge in [0.05, 0.1) is 0 Å². The second-order valence-electron chi connectivity index (χ2n) is 3.72. The SMILES string of the molecule is O=C(O)C(=O)/C=C/c1c(O)ccc2ccccc12. The van der Waals surface area contributed by atoms with Gasteiger partial charge < -0.3 is 10.2 Å². The molecule has 0 unspecified atom stereocenters. The van der Waals surface area contributed by atoms with Gasteiger partial charge in [-0.1, -0.05) is 30.3 Å². The molecule has 0 radical (unpaired) electrons. The first-order valence-corrected chi connectivity index (χ1v) is 5.25. The Hall–Kier alpha value is -2.62. The number of benzene rings is 2. The monoisotopic (exact) mass is 242 g/mol. The minimum atomic E-state index is -1.52. The number of carbonyl (C=O) groups is 2. The minimum absolute atomic E-state index is 0.00291. The van der Waals surface area contributed by atoms with E-state index < -0.39 is 11.8 Å². The van der Waals surface area contributed by atoms with Crippen LogP contribution in [-0.4, -0.2) is 22.0 Å². The molecule has 2 N–H and O–H groups in total. The Labute approximate surface area is 103 Å². The van der Waals surface area contributed by atoms with Crippen LogP contribution in [0, 0.1) is 0 Å². The molecule has 0 saturated carbocycles. The van der Waals surface area contributed by atoms with E-state index in [1.807, 2.05) is 12.1 Å². The average Bonchev–Trinajstić information content (AvgIpc) is 2.37. The second kappa shape index (κ2) is 4.71. The van der Waals surface area contributed by atoms with Crippen molar-refractivity contribution in [2.75, 3.05) is 0 Å². The third-order valence-electron chi connectivity index (χ3n) is 2.56. The lowest BCUT2D eigenvalue weighted by molar-refractivity contribution is -0.146. The lowest BCUT2D eigenvalue weighted by Crippen LogP contribution is -2.08. The van der Waals surface area contributed by atoms with Crippen LogP contribution in [0.3, 0.4) is 0 Å². The van der Waals surface area contributed by atoms with Gasteiger partial charge in [-0.15, -0.1) is 0 Å². The molecule has 0 aliphatic rings. The van der Waals surface area contributed by atoms with E-state index in [0.29, 0.717) is 5.56 Å². The van der Waals surface area contributed by atoms with Gasteiger partial charge in [-0.25, -0.2) is 4.79 Å². The van der Waals surface area contributed by atoms with Crippen molar-refractivity contribution in [2.45, 2.75) is 0 Å². The molecule has 0 saturated heterocycles. The van der Waals surface area contributed by atoms with Gasteiger partial charge in [0.1, 0.15) is 5.75 Å². The fourth-order valence-corrected chi connectivity index (χ4v) is 1.69. The molecular formula is C14H10O4. The summed E-state index contributed by atoms with van der Waals surface area (Å²) in [7, 11) is 0. The summed E-state index contributed by atoms with van der Waals surface area (Å²) in [5, 5.41) is 19.9. The Kier molecular flexibility index (Phi) is 3.10. The van der Waals surface area contributed by atoms with Crippen LogP contribution in [0.2, 0.25) is 0 Å². The number of carboxylic acids is 1. The summed E-state index contributed by atoms with van der Waals surface area (Å²) < 4.78 is 0. The Morgan fingerprint density at radius 1 is 1.06 bits per heavy atom. The maximum atomic E-state index is 11.0. The molecule has 18 heavy (non-hydrogen) atoms. The Balaban J connectivity index is 2.53. The molecule has 0 aliphatic heterocycles. The molecule has 0 amide bonds. The molecule has 0 aromatic heterocycles. The van der Waals surface area contributed by atoms with Crippen molar-refractivity contribution in [3.8, 4) is 5.75 Å². The van der Waals surface area contributed by atoms with Crippen LogP contribution < -0.4 is 0 Å². The normalized spacial score (nSPS) is 10.9. The van der Waals surface area contributed by atoms with Gasteiger partial charge in [-0.2, -0.15) is 0 Å². The molecule has 2 rings (SSSR count). The van der Waals surface area contributed by atoms with E-state index in [4.69, 9.17) is 5.11 Å². The number of ketones is 1. The Morgan fingerprint density at radius 3 is 2.50 bits per heavy atom. The fraction of sp³-hybridized carbons (Fsp3) is 0. The first-order valence-electron chi connectivity index (χ1n) is 5.25. The van der Waals surface area contributed by atoms with E-state index in [-0.39, 0.29) is 5.75 Å². The van der Waals surface area contributed by atoms with Gasteiger partial charge >= 0.3 is 5.97 Å². The summed E-state index contributed by atoms with van der Waals surface area (Å²) >= 11 is 0. The van der Waals surface area contributed by atoms with Crippen LogP contribution in [0.1, 0.15) is 5.56 Å². The van der Waals surface area contributed by atoms with Crippen molar-refractivity contribution in [2.24, 2.45) is 0 Å². The molecule has 2 aromatic rings. The summed E-state index contributed by atoms with van der Waals surface area (Å²) in [5.41, 5.74) is 0.433. The number of carboxylic acid groups (broad SMARTS) is 1. The zero-order valence-electron chi connectivity index (χ0n) is 9.33. The number of hydrogen-bond donors (Lipinski definition) is 2. The molecule has 0 fully saturated rings. The average molecular weight is 242 g/mol. The Morgan fingerprint density at radius 2 is 1.78 bits per heavy atom. The van der Waals surface area contributed by atoms with Crippen molar-refractivity contribution < 1.29 is 19.8 Å². The zero-order chi connectivity index (χ0) is 13.1. The summed E-state index contributed by atoms with van der Waals surface area (Å²) in [4.78, 5) is 21.4. The Bertz CT molecular complexity index is 656. The molecule has 0 heterocycles. The molecule has 0 bridgehead atoms. The highest BCUT2D eigenvalue weighted by atomic mass is 16.4. The molecular weight excluding hydrogens is 232 g/mol. The van der Waals surface area contributed by atoms with E-state index in [9.17, 15) is 14.7 Å². The van der Waals surface area contributed by atoms with Crippen LogP contribution in [0.5, 0.6) is 5.75 Å². The highest BCUT2D eigenvalue weighted by molar-refractivity contribution is 6.38. The van der Waals surface area contributed by atoms with Crippen molar-refractivity contribution >= 4 is 28.6 Å². The van der Waals surface area contributed by atoms with Gasteiger partial charge in [0.15, 0.2) is 0 Å². The van der Waals surface area contributed by atoms with Gasteiger partial charge in [0.25, 0.3) is 5.78 Å². The van der Waals surface area contributed by atoms with Crippen molar-refractivity contribution in [3.63, 3.8) is 0 Å².